The van der Waals surface area contributed by atoms with Crippen LogP contribution in [0.2, 0.25) is 0 Å². The molecule has 3 aliphatic rings. The molecule has 0 radical (unpaired) electrons. The monoisotopic (exact) mass is 468 g/mol. The molecule has 2 bridgehead atoms. The molecule has 3 fully saturated rings. The third-order valence-electron chi connectivity index (χ3n) is 5.70. The van der Waals surface area contributed by atoms with Gasteiger partial charge in [-0.05, 0) is 30.4 Å². The minimum Gasteiger partial charge on any atom is -0.326 e. The molecule has 6 atom stereocenters. The number of carbonyl (C=O) groups excluding carboxylic acids is 3. The summed E-state index contributed by atoms with van der Waals surface area (Å²) in [6.07, 6.45) is 1.04. The Morgan fingerprint density at radius 1 is 1.04 bits per heavy atom. The highest BCUT2D eigenvalue weighted by Crippen LogP contribution is 2.60. The topological polar surface area (TPSA) is 66.5 Å². The minimum atomic E-state index is -0.215. The van der Waals surface area contributed by atoms with Crippen LogP contribution in [0.15, 0.2) is 30.3 Å². The fourth-order valence-corrected chi connectivity index (χ4v) is 6.46. The molecule has 4 rings (SSSR count). The van der Waals surface area contributed by atoms with Gasteiger partial charge in [0.2, 0.25) is 17.7 Å². The molecule has 1 aromatic carbocycles. The molecule has 1 aliphatic heterocycles. The number of imide groups is 1. The van der Waals surface area contributed by atoms with Crippen molar-refractivity contribution in [2.75, 3.05) is 11.9 Å². The lowest BCUT2D eigenvalue weighted by Gasteiger charge is -2.28. The number of amides is 3. The van der Waals surface area contributed by atoms with Crippen LogP contribution in [0.25, 0.3) is 0 Å². The fourth-order valence-electron chi connectivity index (χ4n) is 4.59. The van der Waals surface area contributed by atoms with Crippen molar-refractivity contribution >= 4 is 55.3 Å². The molecule has 7 heteroatoms. The maximum absolute atomic E-state index is 12.7. The maximum atomic E-state index is 12.7. The highest BCUT2D eigenvalue weighted by atomic mass is 79.9. The van der Waals surface area contributed by atoms with E-state index in [9.17, 15) is 14.4 Å². The van der Waals surface area contributed by atoms with Crippen LogP contribution < -0.4 is 5.32 Å². The Labute approximate surface area is 162 Å². The van der Waals surface area contributed by atoms with Gasteiger partial charge in [-0.2, -0.15) is 0 Å². The molecule has 0 spiro atoms. The Balaban J connectivity index is 1.40. The first-order valence-corrected chi connectivity index (χ1v) is 10.3. The number of carbonyl (C=O) groups is 3. The number of hydrogen-bond donors (Lipinski definition) is 1. The first-order valence-electron chi connectivity index (χ1n) is 8.47. The van der Waals surface area contributed by atoms with E-state index in [2.05, 4.69) is 37.2 Å². The van der Waals surface area contributed by atoms with E-state index in [0.29, 0.717) is 5.69 Å². The van der Waals surface area contributed by atoms with Crippen molar-refractivity contribution in [2.24, 2.45) is 23.7 Å². The van der Waals surface area contributed by atoms with Crippen molar-refractivity contribution in [1.29, 1.82) is 0 Å². The molecule has 1 heterocycles. The number of anilines is 1. The second kappa shape index (κ2) is 6.50. The first kappa shape index (κ1) is 17.2. The zero-order chi connectivity index (χ0) is 17.7. The van der Waals surface area contributed by atoms with E-state index in [4.69, 9.17) is 0 Å². The Morgan fingerprint density at radius 3 is 2.16 bits per heavy atom. The third kappa shape index (κ3) is 2.76. The van der Waals surface area contributed by atoms with Gasteiger partial charge >= 0.3 is 0 Å². The maximum Gasteiger partial charge on any atom is 0.233 e. The zero-order valence-electron chi connectivity index (χ0n) is 13.4. The average molecular weight is 470 g/mol. The quantitative estimate of drug-likeness (QED) is 0.544. The second-order valence-electron chi connectivity index (χ2n) is 7.00. The van der Waals surface area contributed by atoms with E-state index in [-0.39, 0.29) is 64.0 Å². The molecule has 0 aromatic heterocycles. The van der Waals surface area contributed by atoms with Crippen molar-refractivity contribution in [3.8, 4) is 0 Å². The lowest BCUT2D eigenvalue weighted by Crippen LogP contribution is -2.37. The number of fused-ring (bicyclic) bond motifs is 5. The normalized spacial score (nSPS) is 36.0. The van der Waals surface area contributed by atoms with Crippen LogP contribution in [0.4, 0.5) is 5.69 Å². The molecule has 1 saturated heterocycles. The van der Waals surface area contributed by atoms with E-state index < -0.39 is 0 Å². The third-order valence-corrected chi connectivity index (χ3v) is 8.91. The molecular weight excluding hydrogens is 452 g/mol. The van der Waals surface area contributed by atoms with Gasteiger partial charge in [0.15, 0.2) is 0 Å². The molecule has 2 aliphatic carbocycles. The molecule has 25 heavy (non-hydrogen) atoms. The summed E-state index contributed by atoms with van der Waals surface area (Å²) < 4.78 is 0. The average Bonchev–Trinajstić information content (AvgIpc) is 3.20. The van der Waals surface area contributed by atoms with Crippen LogP contribution in [-0.2, 0) is 14.4 Å². The van der Waals surface area contributed by atoms with Gasteiger partial charge in [0, 0.05) is 28.3 Å². The minimum absolute atomic E-state index is 0.0983. The number of alkyl halides is 2. The summed E-state index contributed by atoms with van der Waals surface area (Å²) in [7, 11) is 0. The van der Waals surface area contributed by atoms with Gasteiger partial charge in [-0.3, -0.25) is 19.3 Å². The smallest absolute Gasteiger partial charge is 0.233 e. The van der Waals surface area contributed by atoms with Crippen LogP contribution in [0.1, 0.15) is 12.8 Å². The molecule has 132 valence electrons. The summed E-state index contributed by atoms with van der Waals surface area (Å²) in [4.78, 5) is 39.4. The number of para-hydroxylation sites is 1. The Morgan fingerprint density at radius 2 is 1.60 bits per heavy atom. The van der Waals surface area contributed by atoms with Crippen LogP contribution in [-0.4, -0.2) is 38.8 Å². The number of nitrogens with one attached hydrogen (secondary N) is 1. The second-order valence-corrected chi connectivity index (χ2v) is 9.11. The summed E-state index contributed by atoms with van der Waals surface area (Å²) in [5, 5.41) is 2.79. The summed E-state index contributed by atoms with van der Waals surface area (Å²) in [5.74, 6) is -0.403. The van der Waals surface area contributed by atoms with Crippen LogP contribution >= 0.6 is 31.9 Å². The molecule has 1 aromatic rings. The largest absolute Gasteiger partial charge is 0.326 e. The Bertz CT molecular complexity index is 694. The van der Waals surface area contributed by atoms with Crippen molar-refractivity contribution in [1.82, 2.24) is 4.90 Å². The highest BCUT2D eigenvalue weighted by Gasteiger charge is 2.66. The van der Waals surface area contributed by atoms with E-state index in [1.54, 1.807) is 12.1 Å². The SMILES string of the molecule is O=C(CCN1C(=O)[C@@H]2[C@H]3C[C@@H]([C@@H](Br)[C@H]3Br)[C@H]2C1=O)Nc1ccccc1. The van der Waals surface area contributed by atoms with Gasteiger partial charge in [-0.1, -0.05) is 50.1 Å². The summed E-state index contributed by atoms with van der Waals surface area (Å²) in [6, 6.07) is 9.16. The predicted molar refractivity (Wildman–Crippen MR) is 100 cm³/mol. The number of rotatable bonds is 4. The van der Waals surface area contributed by atoms with E-state index in [1.807, 2.05) is 18.2 Å². The van der Waals surface area contributed by atoms with Gasteiger partial charge < -0.3 is 5.32 Å². The highest BCUT2D eigenvalue weighted by molar-refractivity contribution is 9.12. The number of likely N-dealkylation sites (tertiary alicyclic amines) is 1. The van der Waals surface area contributed by atoms with Gasteiger partial charge in [-0.25, -0.2) is 0 Å². The van der Waals surface area contributed by atoms with E-state index in [0.717, 1.165) is 6.42 Å². The lowest BCUT2D eigenvalue weighted by molar-refractivity contribution is -0.140. The molecule has 1 N–H and O–H groups in total. The number of hydrogen-bond acceptors (Lipinski definition) is 3. The zero-order valence-corrected chi connectivity index (χ0v) is 16.6. The molecule has 0 unspecified atom stereocenters. The Kier molecular flexibility index (Phi) is 4.48. The van der Waals surface area contributed by atoms with Crippen LogP contribution in [0, 0.1) is 23.7 Å². The van der Waals surface area contributed by atoms with Crippen molar-refractivity contribution < 1.29 is 14.4 Å². The number of nitrogens with zero attached hydrogens (tertiary/aromatic N) is 1. The van der Waals surface area contributed by atoms with Crippen LogP contribution in [0.5, 0.6) is 0 Å². The summed E-state index contributed by atoms with van der Waals surface area (Å²) in [6.45, 7) is 0.155. The van der Waals surface area contributed by atoms with E-state index in [1.165, 1.54) is 4.90 Å². The summed E-state index contributed by atoms with van der Waals surface area (Å²) >= 11 is 7.34. The van der Waals surface area contributed by atoms with Crippen molar-refractivity contribution in [2.45, 2.75) is 22.5 Å². The van der Waals surface area contributed by atoms with E-state index >= 15 is 0 Å². The molecule has 5 nitrogen and oxygen atoms in total. The van der Waals surface area contributed by atoms with Gasteiger partial charge in [0.25, 0.3) is 0 Å². The van der Waals surface area contributed by atoms with Gasteiger partial charge in [0.1, 0.15) is 0 Å². The van der Waals surface area contributed by atoms with Gasteiger partial charge in [-0.15, -0.1) is 0 Å². The lowest BCUT2D eigenvalue weighted by atomic mass is 9.81. The molecule has 3 amide bonds. The molecule has 2 saturated carbocycles. The number of halogens is 2. The fraction of sp³-hybridized carbons (Fsp3) is 0.500. The summed E-state index contributed by atoms with van der Waals surface area (Å²) in [5.41, 5.74) is 0.714. The van der Waals surface area contributed by atoms with Gasteiger partial charge in [0.05, 0.1) is 11.8 Å². The van der Waals surface area contributed by atoms with Crippen LogP contribution in [0.3, 0.4) is 0 Å². The van der Waals surface area contributed by atoms with Crippen molar-refractivity contribution in [3.05, 3.63) is 30.3 Å². The first-order chi connectivity index (χ1) is 12.0. The number of benzene rings is 1. The Hall–Kier alpha value is -1.21. The standard InChI is InChI=1S/C18H18Br2N2O3/c19-15-10-8-11(16(15)20)14-13(10)17(24)22(18(14)25)7-6-12(23)21-9-4-2-1-3-5-9/h1-5,10-11,13-16H,6-8H2,(H,21,23)/t10-,11-,13-,14-,15-,16+/m1/s1. The van der Waals surface area contributed by atoms with Crippen molar-refractivity contribution in [3.63, 3.8) is 0 Å². The molecular formula is C18H18Br2N2O3. The predicted octanol–water partition coefficient (Wildman–Crippen LogP) is 2.79.